The molecule has 0 aliphatic carbocycles. The van der Waals surface area contributed by atoms with E-state index in [9.17, 15) is 29.1 Å². The highest BCUT2D eigenvalue weighted by Crippen LogP contribution is 2.19. The zero-order valence-electron chi connectivity index (χ0n) is 17.7. The van der Waals surface area contributed by atoms with Crippen LogP contribution in [0.25, 0.3) is 0 Å². The summed E-state index contributed by atoms with van der Waals surface area (Å²) in [5, 5.41) is 22.7. The molecule has 1 aliphatic rings. The molecule has 1 aliphatic heterocycles. The van der Waals surface area contributed by atoms with E-state index in [2.05, 4.69) is 15.6 Å². The van der Waals surface area contributed by atoms with Crippen LogP contribution in [0.15, 0.2) is 4.99 Å². The van der Waals surface area contributed by atoms with E-state index in [1.54, 1.807) is 0 Å². The number of amides is 3. The maximum Gasteiger partial charge on any atom is 0.326 e. The minimum absolute atomic E-state index is 0.0970. The fourth-order valence-corrected chi connectivity index (χ4v) is 3.20. The number of carboxylic acids is 2. The number of nitrogens with one attached hydrogen (secondary N) is 2. The van der Waals surface area contributed by atoms with Crippen LogP contribution in [0.1, 0.15) is 38.5 Å². The number of guanidine groups is 1. The lowest BCUT2D eigenvalue weighted by molar-refractivity contribution is -0.149. The van der Waals surface area contributed by atoms with Crippen LogP contribution >= 0.6 is 0 Å². The van der Waals surface area contributed by atoms with E-state index in [1.165, 1.54) is 4.90 Å². The van der Waals surface area contributed by atoms with Gasteiger partial charge in [-0.25, -0.2) is 4.79 Å². The van der Waals surface area contributed by atoms with E-state index < -0.39 is 54.3 Å². The quantitative estimate of drug-likeness (QED) is 0.0834. The van der Waals surface area contributed by atoms with Crippen LogP contribution < -0.4 is 27.8 Å². The summed E-state index contributed by atoms with van der Waals surface area (Å²) in [6.45, 7) is -0.0234. The van der Waals surface area contributed by atoms with Crippen molar-refractivity contribution < 1.29 is 34.2 Å². The number of likely N-dealkylation sites (tertiary alicyclic amines) is 1. The Morgan fingerprint density at radius 3 is 2.41 bits per heavy atom. The Kier molecular flexibility index (Phi) is 10.9. The first kappa shape index (κ1) is 26.6. The average Bonchev–Trinajstić information content (AvgIpc) is 3.21. The number of aliphatic imine (C=N–C) groups is 1. The first-order chi connectivity index (χ1) is 15.0. The molecule has 0 saturated carbocycles. The molecule has 3 atom stereocenters. The van der Waals surface area contributed by atoms with Gasteiger partial charge in [0, 0.05) is 19.5 Å². The molecule has 14 heteroatoms. The van der Waals surface area contributed by atoms with Crippen molar-refractivity contribution in [2.75, 3.05) is 19.6 Å². The lowest BCUT2D eigenvalue weighted by Crippen LogP contribution is -2.53. The Balaban J connectivity index is 2.71. The summed E-state index contributed by atoms with van der Waals surface area (Å²) in [5.41, 5.74) is 16.1. The molecule has 1 saturated heterocycles. The first-order valence-electron chi connectivity index (χ1n) is 10.2. The van der Waals surface area contributed by atoms with E-state index in [4.69, 9.17) is 22.3 Å². The maximum atomic E-state index is 12.9. The molecule has 180 valence electrons. The molecule has 32 heavy (non-hydrogen) atoms. The van der Waals surface area contributed by atoms with Crippen molar-refractivity contribution >= 4 is 35.6 Å². The Labute approximate surface area is 184 Å². The lowest BCUT2D eigenvalue weighted by Gasteiger charge is -2.27. The van der Waals surface area contributed by atoms with Crippen LogP contribution in [-0.4, -0.2) is 88.5 Å². The molecule has 10 N–H and O–H groups in total. The minimum atomic E-state index is -1.12. The highest BCUT2D eigenvalue weighted by atomic mass is 16.4. The fraction of sp³-hybridized carbons (Fsp3) is 0.667. The van der Waals surface area contributed by atoms with Crippen molar-refractivity contribution in [1.29, 1.82) is 0 Å². The third kappa shape index (κ3) is 9.16. The highest BCUT2D eigenvalue weighted by molar-refractivity contribution is 5.92. The van der Waals surface area contributed by atoms with E-state index in [0.29, 0.717) is 19.3 Å². The van der Waals surface area contributed by atoms with Gasteiger partial charge in [0.2, 0.25) is 17.7 Å². The Morgan fingerprint density at radius 2 is 1.81 bits per heavy atom. The van der Waals surface area contributed by atoms with Crippen LogP contribution in [0.2, 0.25) is 0 Å². The van der Waals surface area contributed by atoms with Gasteiger partial charge < -0.3 is 42.9 Å². The Morgan fingerprint density at radius 1 is 1.12 bits per heavy atom. The predicted molar refractivity (Wildman–Crippen MR) is 112 cm³/mol. The van der Waals surface area contributed by atoms with Gasteiger partial charge in [-0.2, -0.15) is 0 Å². The third-order valence-electron chi connectivity index (χ3n) is 4.83. The van der Waals surface area contributed by atoms with E-state index in [-0.39, 0.29) is 38.3 Å². The molecule has 1 fully saturated rings. The van der Waals surface area contributed by atoms with Gasteiger partial charge in [0.05, 0.1) is 12.6 Å². The zero-order valence-corrected chi connectivity index (χ0v) is 17.7. The minimum Gasteiger partial charge on any atom is -0.481 e. The topological polar surface area (TPSA) is 244 Å². The Bertz CT molecular complexity index is 739. The monoisotopic (exact) mass is 457 g/mol. The number of carboxylic acid groups (broad SMARTS) is 2. The number of carbonyl (C=O) groups excluding carboxylic acids is 3. The number of nitrogens with zero attached hydrogens (tertiary/aromatic N) is 2. The van der Waals surface area contributed by atoms with Crippen LogP contribution in [0.3, 0.4) is 0 Å². The van der Waals surface area contributed by atoms with Crippen molar-refractivity contribution in [3.05, 3.63) is 0 Å². The molecule has 0 radical (unpaired) electrons. The first-order valence-corrected chi connectivity index (χ1v) is 10.2. The second-order valence-electron chi connectivity index (χ2n) is 7.35. The molecule has 0 aromatic carbocycles. The van der Waals surface area contributed by atoms with Gasteiger partial charge in [-0.15, -0.1) is 0 Å². The Hall–Kier alpha value is -3.42. The van der Waals surface area contributed by atoms with Crippen molar-refractivity contribution in [1.82, 2.24) is 15.5 Å². The molecule has 1 heterocycles. The molecule has 3 unspecified atom stereocenters. The van der Waals surface area contributed by atoms with Crippen LogP contribution in [0.5, 0.6) is 0 Å². The molecular formula is C18H31N7O7. The van der Waals surface area contributed by atoms with E-state index in [1.807, 2.05) is 0 Å². The summed E-state index contributed by atoms with van der Waals surface area (Å²) in [4.78, 5) is 64.1. The lowest BCUT2D eigenvalue weighted by atomic mass is 10.1. The molecule has 3 amide bonds. The van der Waals surface area contributed by atoms with Gasteiger partial charge in [-0.05, 0) is 32.1 Å². The van der Waals surface area contributed by atoms with Crippen molar-refractivity contribution in [2.45, 2.75) is 56.7 Å². The van der Waals surface area contributed by atoms with Gasteiger partial charge in [-0.3, -0.25) is 24.2 Å². The van der Waals surface area contributed by atoms with Crippen LogP contribution in [0.4, 0.5) is 0 Å². The normalized spacial score (nSPS) is 17.2. The van der Waals surface area contributed by atoms with Crippen molar-refractivity contribution in [2.24, 2.45) is 22.2 Å². The van der Waals surface area contributed by atoms with Gasteiger partial charge >= 0.3 is 11.9 Å². The molecule has 0 aromatic rings. The molecule has 0 spiro atoms. The summed E-state index contributed by atoms with van der Waals surface area (Å²) in [5.74, 6) is -4.28. The SMILES string of the molecule is NC(N)=NCCCC(NC(=O)CNC(=O)C(N)CCC(=O)O)C(=O)N1CCCC1C(=O)O. The smallest absolute Gasteiger partial charge is 0.326 e. The van der Waals surface area contributed by atoms with Crippen LogP contribution in [0, 0.1) is 0 Å². The number of rotatable bonds is 13. The van der Waals surface area contributed by atoms with Gasteiger partial charge in [-0.1, -0.05) is 0 Å². The maximum absolute atomic E-state index is 12.9. The summed E-state index contributed by atoms with van der Waals surface area (Å²) in [6.07, 6.45) is 0.943. The van der Waals surface area contributed by atoms with E-state index in [0.717, 1.165) is 0 Å². The fourth-order valence-electron chi connectivity index (χ4n) is 3.20. The van der Waals surface area contributed by atoms with Gasteiger partial charge in [0.15, 0.2) is 5.96 Å². The zero-order chi connectivity index (χ0) is 24.3. The van der Waals surface area contributed by atoms with Crippen molar-refractivity contribution in [3.63, 3.8) is 0 Å². The van der Waals surface area contributed by atoms with Crippen molar-refractivity contribution in [3.8, 4) is 0 Å². The molecule has 0 bridgehead atoms. The summed E-state index contributed by atoms with van der Waals surface area (Å²) in [6, 6.07) is -3.10. The average molecular weight is 457 g/mol. The van der Waals surface area contributed by atoms with Gasteiger partial charge in [0.1, 0.15) is 12.1 Å². The van der Waals surface area contributed by atoms with Gasteiger partial charge in [0.25, 0.3) is 0 Å². The standard InChI is InChI=1S/C18H31N7O7/c19-10(5-6-14(27)28)15(29)23-9-13(26)24-11(3-1-7-22-18(20)21)16(30)25-8-2-4-12(25)17(31)32/h10-12H,1-9,19H2,(H,23,29)(H,24,26)(H,27,28)(H,31,32)(H4,20,21,22). The second-order valence-corrected chi connectivity index (χ2v) is 7.35. The molecule has 1 rings (SSSR count). The number of aliphatic carboxylic acids is 2. The molecule has 0 aromatic heterocycles. The highest BCUT2D eigenvalue weighted by Gasteiger charge is 2.37. The van der Waals surface area contributed by atoms with Crippen LogP contribution in [-0.2, 0) is 24.0 Å². The third-order valence-corrected chi connectivity index (χ3v) is 4.83. The molecular weight excluding hydrogens is 426 g/mol. The number of hydrogen-bond donors (Lipinski definition) is 7. The summed E-state index contributed by atoms with van der Waals surface area (Å²) < 4.78 is 0. The largest absolute Gasteiger partial charge is 0.481 e. The number of nitrogens with two attached hydrogens (primary N) is 3. The van der Waals surface area contributed by atoms with E-state index >= 15 is 0 Å². The summed E-state index contributed by atoms with van der Waals surface area (Å²) in [7, 11) is 0. The second kappa shape index (κ2) is 13.1. The molecule has 14 nitrogen and oxygen atoms in total. The predicted octanol–water partition coefficient (Wildman–Crippen LogP) is -3.09. The summed E-state index contributed by atoms with van der Waals surface area (Å²) >= 11 is 0. The number of hydrogen-bond acceptors (Lipinski definition) is 7. The number of carbonyl (C=O) groups is 5.